The largest absolute Gasteiger partial charge is 0.320 e. The minimum Gasteiger partial charge on any atom is -0.320 e. The number of hydrogen-bond acceptors (Lipinski definition) is 1. The molecule has 3 heteroatoms. The second-order valence-electron chi connectivity index (χ2n) is 5.04. The van der Waals surface area contributed by atoms with E-state index >= 15 is 0 Å². The maximum Gasteiger partial charge on any atom is 0.293 e. The Bertz CT molecular complexity index is 573. The van der Waals surface area contributed by atoms with E-state index in [0.29, 0.717) is 0 Å². The van der Waals surface area contributed by atoms with Crippen LogP contribution in [0.1, 0.15) is 31.0 Å². The summed E-state index contributed by atoms with van der Waals surface area (Å²) in [6.07, 6.45) is 4.92. The van der Waals surface area contributed by atoms with E-state index in [-0.39, 0.29) is 11.9 Å². The normalized spacial score (nSPS) is 11.9. The number of aromatic nitrogens is 1. The summed E-state index contributed by atoms with van der Waals surface area (Å²) in [6, 6.07) is 11.7. The second-order valence-corrected chi connectivity index (χ2v) is 5.04. The summed E-state index contributed by atoms with van der Waals surface area (Å²) in [7, 11) is 0. The number of nitrogens with zero attached hydrogens (tertiary/aromatic N) is 1. The Morgan fingerprint density at radius 3 is 2.30 bits per heavy atom. The molecule has 1 amide bonds. The average Bonchev–Trinajstić information content (AvgIpc) is 2.49. The number of anilines is 1. The fraction of sp³-hybridized carbons (Fsp3) is 0.294. The van der Waals surface area contributed by atoms with Crippen LogP contribution in [0.5, 0.6) is 0 Å². The summed E-state index contributed by atoms with van der Waals surface area (Å²) in [5, 5.41) is 2.94. The van der Waals surface area contributed by atoms with E-state index in [1.807, 2.05) is 55.1 Å². The van der Waals surface area contributed by atoms with Gasteiger partial charge in [0.05, 0.1) is 0 Å². The lowest BCUT2D eigenvalue weighted by Gasteiger charge is -2.09. The molecule has 0 saturated heterocycles. The maximum atomic E-state index is 12.2. The molecule has 2 rings (SSSR count). The van der Waals surface area contributed by atoms with Crippen molar-refractivity contribution in [2.45, 2.75) is 33.2 Å². The predicted molar refractivity (Wildman–Crippen MR) is 80.5 cm³/mol. The van der Waals surface area contributed by atoms with Gasteiger partial charge in [-0.1, -0.05) is 24.6 Å². The van der Waals surface area contributed by atoms with Crippen LogP contribution in [0.15, 0.2) is 48.8 Å². The van der Waals surface area contributed by atoms with Crippen molar-refractivity contribution in [3.05, 3.63) is 59.9 Å². The van der Waals surface area contributed by atoms with Crippen molar-refractivity contribution in [3.63, 3.8) is 0 Å². The molecule has 0 unspecified atom stereocenters. The molecule has 1 aromatic heterocycles. The lowest BCUT2D eigenvalue weighted by atomic mass is 10.2. The van der Waals surface area contributed by atoms with Gasteiger partial charge < -0.3 is 5.32 Å². The zero-order chi connectivity index (χ0) is 14.5. The lowest BCUT2D eigenvalue weighted by molar-refractivity contribution is -0.705. The molecular formula is C17H21N2O+. The predicted octanol–water partition coefficient (Wildman–Crippen LogP) is 3.04. The first kappa shape index (κ1) is 14.3. The summed E-state index contributed by atoms with van der Waals surface area (Å²) in [5.41, 5.74) is 3.28. The number of carbonyl (C=O) groups is 1. The van der Waals surface area contributed by atoms with Crippen molar-refractivity contribution in [3.8, 4) is 0 Å². The van der Waals surface area contributed by atoms with Gasteiger partial charge in [0, 0.05) is 24.7 Å². The second kappa shape index (κ2) is 6.33. The Labute approximate surface area is 120 Å². The zero-order valence-electron chi connectivity index (χ0n) is 12.3. The van der Waals surface area contributed by atoms with E-state index in [0.717, 1.165) is 12.1 Å². The molecule has 0 aliphatic heterocycles. The van der Waals surface area contributed by atoms with Gasteiger partial charge in [-0.25, -0.2) is 0 Å². The number of pyridine rings is 1. The van der Waals surface area contributed by atoms with Crippen molar-refractivity contribution < 1.29 is 9.36 Å². The van der Waals surface area contributed by atoms with Crippen LogP contribution < -0.4 is 9.88 Å². The number of hydrogen-bond donors (Lipinski definition) is 1. The summed E-state index contributed by atoms with van der Waals surface area (Å²) in [6.45, 7) is 6.04. The summed E-state index contributed by atoms with van der Waals surface area (Å²) >= 11 is 0. The molecule has 3 nitrogen and oxygen atoms in total. The highest BCUT2D eigenvalue weighted by atomic mass is 16.2. The highest BCUT2D eigenvalue weighted by Gasteiger charge is 2.21. The fourth-order valence-corrected chi connectivity index (χ4v) is 1.98. The van der Waals surface area contributed by atoms with Crippen LogP contribution in [0.3, 0.4) is 0 Å². The highest BCUT2D eigenvalue weighted by Crippen LogP contribution is 2.10. The van der Waals surface area contributed by atoms with Crippen molar-refractivity contribution in [1.29, 1.82) is 0 Å². The average molecular weight is 269 g/mol. The Kier molecular flexibility index (Phi) is 4.51. The van der Waals surface area contributed by atoms with Crippen molar-refractivity contribution in [2.24, 2.45) is 0 Å². The summed E-state index contributed by atoms with van der Waals surface area (Å²) < 4.78 is 1.92. The number of amides is 1. The molecule has 2 aromatic rings. The molecule has 0 saturated carbocycles. The molecular weight excluding hydrogens is 248 g/mol. The Morgan fingerprint density at radius 1 is 1.15 bits per heavy atom. The Balaban J connectivity index is 2.05. The Morgan fingerprint density at radius 2 is 1.75 bits per heavy atom. The van der Waals surface area contributed by atoms with Crippen molar-refractivity contribution in [1.82, 2.24) is 0 Å². The topological polar surface area (TPSA) is 33.0 Å². The number of carbonyl (C=O) groups excluding carboxylic acids is 1. The van der Waals surface area contributed by atoms with Crippen LogP contribution in [0.4, 0.5) is 5.69 Å². The lowest BCUT2D eigenvalue weighted by Crippen LogP contribution is -2.44. The van der Waals surface area contributed by atoms with E-state index in [4.69, 9.17) is 0 Å². The first-order chi connectivity index (χ1) is 9.60. The smallest absolute Gasteiger partial charge is 0.293 e. The number of benzene rings is 1. The van der Waals surface area contributed by atoms with Gasteiger partial charge in [-0.15, -0.1) is 0 Å². The minimum absolute atomic E-state index is 0.0110. The third-order valence-corrected chi connectivity index (χ3v) is 3.48. The molecule has 0 bridgehead atoms. The van der Waals surface area contributed by atoms with Gasteiger partial charge in [-0.3, -0.25) is 4.79 Å². The van der Waals surface area contributed by atoms with Crippen LogP contribution in [0.2, 0.25) is 0 Å². The molecule has 1 heterocycles. The van der Waals surface area contributed by atoms with Crippen molar-refractivity contribution >= 4 is 11.6 Å². The molecule has 0 spiro atoms. The van der Waals surface area contributed by atoms with Gasteiger partial charge in [0.25, 0.3) is 5.91 Å². The van der Waals surface area contributed by atoms with Gasteiger partial charge >= 0.3 is 0 Å². The molecule has 1 atom stereocenters. The summed E-state index contributed by atoms with van der Waals surface area (Å²) in [4.78, 5) is 12.2. The standard InChI is InChI=1S/C17H20N2O/c1-4-15-9-11-19(12-10-15)14(3)17(20)18-16-7-5-13(2)6-8-16/h5-12,14H,4H2,1-3H3/p+1/t14-/m1/s1. The SMILES string of the molecule is CCc1cc[n+]([C@H](C)C(=O)Nc2ccc(C)cc2)cc1. The number of rotatable bonds is 4. The molecule has 104 valence electrons. The monoisotopic (exact) mass is 269 g/mol. The number of nitrogens with one attached hydrogen (secondary N) is 1. The van der Waals surface area contributed by atoms with Gasteiger partial charge in [-0.2, -0.15) is 4.57 Å². The zero-order valence-corrected chi connectivity index (χ0v) is 12.3. The van der Waals surface area contributed by atoms with Crippen LogP contribution in [-0.4, -0.2) is 5.91 Å². The maximum absolute atomic E-state index is 12.2. The molecule has 0 radical (unpaired) electrons. The minimum atomic E-state index is -0.234. The van der Waals surface area contributed by atoms with Gasteiger partial charge in [-0.05, 0) is 31.0 Å². The Hall–Kier alpha value is -2.16. The van der Waals surface area contributed by atoms with Crippen LogP contribution >= 0.6 is 0 Å². The molecule has 1 N–H and O–H groups in total. The van der Waals surface area contributed by atoms with Crippen LogP contribution in [0.25, 0.3) is 0 Å². The van der Waals surface area contributed by atoms with Crippen LogP contribution in [0, 0.1) is 6.92 Å². The summed E-state index contributed by atoms with van der Waals surface area (Å²) in [5.74, 6) is -0.0110. The first-order valence-electron chi connectivity index (χ1n) is 6.97. The molecule has 0 aliphatic carbocycles. The quantitative estimate of drug-likeness (QED) is 0.850. The number of aryl methyl sites for hydroxylation is 2. The third-order valence-electron chi connectivity index (χ3n) is 3.48. The van der Waals surface area contributed by atoms with E-state index in [1.165, 1.54) is 11.1 Å². The van der Waals surface area contributed by atoms with E-state index in [1.54, 1.807) is 0 Å². The van der Waals surface area contributed by atoms with E-state index in [9.17, 15) is 4.79 Å². The van der Waals surface area contributed by atoms with Crippen molar-refractivity contribution in [2.75, 3.05) is 5.32 Å². The molecule has 20 heavy (non-hydrogen) atoms. The van der Waals surface area contributed by atoms with Gasteiger partial charge in [0.1, 0.15) is 0 Å². The third kappa shape index (κ3) is 3.44. The molecule has 0 aliphatic rings. The van der Waals surface area contributed by atoms with E-state index in [2.05, 4.69) is 24.4 Å². The van der Waals surface area contributed by atoms with Gasteiger partial charge in [0.15, 0.2) is 12.4 Å². The highest BCUT2D eigenvalue weighted by molar-refractivity contribution is 5.92. The first-order valence-corrected chi connectivity index (χ1v) is 6.97. The van der Waals surface area contributed by atoms with Gasteiger partial charge in [0.2, 0.25) is 6.04 Å². The molecule has 0 fully saturated rings. The van der Waals surface area contributed by atoms with E-state index < -0.39 is 0 Å². The van der Waals surface area contributed by atoms with Crippen LogP contribution in [-0.2, 0) is 11.2 Å². The molecule has 1 aromatic carbocycles. The fourth-order valence-electron chi connectivity index (χ4n) is 1.98.